The molecular weight excluding hydrogens is 387 g/mol. The Bertz CT molecular complexity index is 864. The quantitative estimate of drug-likeness (QED) is 0.747. The van der Waals surface area contributed by atoms with E-state index >= 15 is 0 Å². The summed E-state index contributed by atoms with van der Waals surface area (Å²) in [6.07, 6.45) is 2.69. The number of rotatable bonds is 6. The number of ether oxygens (including phenoxy) is 1. The lowest BCUT2D eigenvalue weighted by Gasteiger charge is -2.32. The Hall–Kier alpha value is -3.08. The number of halogens is 1. The van der Waals surface area contributed by atoms with Crippen LogP contribution in [0.15, 0.2) is 36.0 Å². The number of allylic oxidation sites excluding steroid dienone is 2. The first-order chi connectivity index (χ1) is 14.3. The summed E-state index contributed by atoms with van der Waals surface area (Å²) in [5.41, 5.74) is 1.06. The minimum absolute atomic E-state index is 0.0193. The highest BCUT2D eigenvalue weighted by molar-refractivity contribution is 5.95. The fraction of sp³-hybridized carbons (Fsp3) is 0.500. The molecule has 1 saturated heterocycles. The first-order valence-corrected chi connectivity index (χ1v) is 10.1. The lowest BCUT2D eigenvalue weighted by atomic mass is 9.77. The van der Waals surface area contributed by atoms with Gasteiger partial charge in [0.1, 0.15) is 18.0 Å². The fourth-order valence-corrected chi connectivity index (χ4v) is 3.76. The van der Waals surface area contributed by atoms with Gasteiger partial charge in [-0.15, -0.1) is 0 Å². The molecule has 0 radical (unpaired) electrons. The van der Waals surface area contributed by atoms with Crippen molar-refractivity contribution in [1.82, 2.24) is 10.2 Å². The van der Waals surface area contributed by atoms with Gasteiger partial charge in [-0.25, -0.2) is 4.39 Å². The maximum atomic E-state index is 13.5. The van der Waals surface area contributed by atoms with Crippen molar-refractivity contribution in [3.8, 4) is 11.8 Å². The average Bonchev–Trinajstić information content (AvgIpc) is 3.14. The monoisotopic (exact) mass is 414 g/mol. The number of benzene rings is 1. The molecule has 1 unspecified atom stereocenters. The third-order valence-electron chi connectivity index (χ3n) is 5.83. The van der Waals surface area contributed by atoms with Crippen LogP contribution in [0.3, 0.4) is 0 Å². The smallest absolute Gasteiger partial charge is 0.243 e. The van der Waals surface area contributed by atoms with Gasteiger partial charge < -0.3 is 20.3 Å². The van der Waals surface area contributed by atoms with Crippen LogP contribution in [0, 0.1) is 16.7 Å². The third kappa shape index (κ3) is 4.90. The number of alkyl halides is 1. The second-order valence-corrected chi connectivity index (χ2v) is 8.05. The van der Waals surface area contributed by atoms with E-state index in [2.05, 4.69) is 10.6 Å². The van der Waals surface area contributed by atoms with Crippen molar-refractivity contribution in [2.24, 2.45) is 5.41 Å². The molecule has 2 N–H and O–H groups in total. The average molecular weight is 414 g/mol. The number of nitriles is 1. The van der Waals surface area contributed by atoms with E-state index in [4.69, 9.17) is 10.00 Å². The highest BCUT2D eigenvalue weighted by atomic mass is 19.1. The summed E-state index contributed by atoms with van der Waals surface area (Å²) in [5.74, 6) is 0.386. The molecule has 0 saturated carbocycles. The number of nitrogens with zero attached hydrogens (tertiary/aromatic N) is 2. The molecule has 7 nitrogen and oxygen atoms in total. The molecule has 1 aromatic rings. The zero-order valence-corrected chi connectivity index (χ0v) is 17.3. The number of nitrogens with one attached hydrogen (secondary N) is 2. The molecule has 1 aliphatic carbocycles. The topological polar surface area (TPSA) is 94.5 Å². The van der Waals surface area contributed by atoms with E-state index in [0.717, 1.165) is 11.4 Å². The van der Waals surface area contributed by atoms with Crippen molar-refractivity contribution in [3.05, 3.63) is 36.0 Å². The van der Waals surface area contributed by atoms with E-state index in [1.807, 2.05) is 19.1 Å². The number of carbonyl (C=O) groups excluding carboxylic acids is 2. The Labute approximate surface area is 175 Å². The summed E-state index contributed by atoms with van der Waals surface area (Å²) >= 11 is 0. The van der Waals surface area contributed by atoms with Gasteiger partial charge in [0.15, 0.2) is 0 Å². The molecule has 1 aromatic carbocycles. The van der Waals surface area contributed by atoms with Crippen molar-refractivity contribution < 1.29 is 18.7 Å². The summed E-state index contributed by atoms with van der Waals surface area (Å²) in [6.45, 7) is 1.92. The molecule has 1 aliphatic heterocycles. The second kappa shape index (κ2) is 9.16. The molecule has 0 spiro atoms. The SMILES string of the molecule is COc1ccc(NC(=O)C2(C)CC=C(NCC(=O)N3C[C@@H](F)C[C@H]3C#N)CC2)cc1. The van der Waals surface area contributed by atoms with Crippen LogP contribution >= 0.6 is 0 Å². The van der Waals surface area contributed by atoms with Crippen LogP contribution in [0.4, 0.5) is 10.1 Å². The zero-order valence-electron chi connectivity index (χ0n) is 17.3. The van der Waals surface area contributed by atoms with Gasteiger partial charge in [-0.2, -0.15) is 5.26 Å². The molecule has 2 aliphatic rings. The first kappa shape index (κ1) is 21.6. The maximum absolute atomic E-state index is 13.5. The van der Waals surface area contributed by atoms with Gasteiger partial charge in [-0.1, -0.05) is 13.0 Å². The second-order valence-electron chi connectivity index (χ2n) is 8.05. The normalized spacial score (nSPS) is 25.8. The summed E-state index contributed by atoms with van der Waals surface area (Å²) in [5, 5.41) is 15.1. The van der Waals surface area contributed by atoms with E-state index < -0.39 is 17.6 Å². The van der Waals surface area contributed by atoms with Crippen molar-refractivity contribution in [3.63, 3.8) is 0 Å². The summed E-state index contributed by atoms with van der Waals surface area (Å²) in [4.78, 5) is 26.4. The van der Waals surface area contributed by atoms with Crippen LogP contribution < -0.4 is 15.4 Å². The molecule has 1 heterocycles. The van der Waals surface area contributed by atoms with Gasteiger partial charge in [-0.3, -0.25) is 9.59 Å². The van der Waals surface area contributed by atoms with Crippen LogP contribution in [0.5, 0.6) is 5.75 Å². The predicted molar refractivity (Wildman–Crippen MR) is 110 cm³/mol. The predicted octanol–water partition coefficient (Wildman–Crippen LogP) is 2.76. The van der Waals surface area contributed by atoms with E-state index in [9.17, 15) is 14.0 Å². The maximum Gasteiger partial charge on any atom is 0.243 e. The Morgan fingerprint density at radius 1 is 1.37 bits per heavy atom. The first-order valence-electron chi connectivity index (χ1n) is 10.1. The largest absolute Gasteiger partial charge is 0.497 e. The Kier molecular flexibility index (Phi) is 6.60. The lowest BCUT2D eigenvalue weighted by molar-refractivity contribution is -0.130. The van der Waals surface area contributed by atoms with Crippen LogP contribution in [0.25, 0.3) is 0 Å². The van der Waals surface area contributed by atoms with E-state index in [-0.39, 0.29) is 31.3 Å². The van der Waals surface area contributed by atoms with Gasteiger partial charge in [0, 0.05) is 17.8 Å². The van der Waals surface area contributed by atoms with Crippen molar-refractivity contribution >= 4 is 17.5 Å². The van der Waals surface area contributed by atoms with Crippen molar-refractivity contribution in [2.45, 2.75) is 44.8 Å². The van der Waals surface area contributed by atoms with Crippen LogP contribution in [0.2, 0.25) is 0 Å². The number of anilines is 1. The van der Waals surface area contributed by atoms with Gasteiger partial charge in [-0.05, 0) is 43.5 Å². The highest BCUT2D eigenvalue weighted by Gasteiger charge is 2.36. The van der Waals surface area contributed by atoms with E-state index in [0.29, 0.717) is 24.9 Å². The Morgan fingerprint density at radius 3 is 2.70 bits per heavy atom. The van der Waals surface area contributed by atoms with Crippen LogP contribution in [-0.4, -0.2) is 49.1 Å². The van der Waals surface area contributed by atoms with Crippen molar-refractivity contribution in [2.75, 3.05) is 25.5 Å². The standard InChI is InChI=1S/C22H27FN4O3/c1-22(21(29)26-17-3-5-19(30-2)6-4-17)9-7-16(8-10-22)25-13-20(28)27-14-15(23)11-18(27)12-24/h3-7,15,18,25H,8-11,13-14H2,1-2H3,(H,26,29)/t15-,18-,22?/m0/s1. The van der Waals surface area contributed by atoms with E-state index in [1.165, 1.54) is 4.90 Å². The van der Waals surface area contributed by atoms with Gasteiger partial charge in [0.25, 0.3) is 0 Å². The molecular formula is C22H27FN4O3. The number of carbonyl (C=O) groups is 2. The molecule has 3 atom stereocenters. The van der Waals surface area contributed by atoms with Gasteiger partial charge in [0.05, 0.1) is 31.7 Å². The van der Waals surface area contributed by atoms with Crippen LogP contribution in [0.1, 0.15) is 32.6 Å². The minimum Gasteiger partial charge on any atom is -0.497 e. The summed E-state index contributed by atoms with van der Waals surface area (Å²) < 4.78 is 18.6. The summed E-state index contributed by atoms with van der Waals surface area (Å²) in [6, 6.07) is 8.47. The Morgan fingerprint density at radius 2 is 2.10 bits per heavy atom. The molecule has 30 heavy (non-hydrogen) atoms. The number of hydrogen-bond acceptors (Lipinski definition) is 5. The molecule has 160 valence electrons. The van der Waals surface area contributed by atoms with Crippen molar-refractivity contribution in [1.29, 1.82) is 5.26 Å². The Balaban J connectivity index is 1.51. The molecule has 1 fully saturated rings. The van der Waals surface area contributed by atoms with Crippen LogP contribution in [-0.2, 0) is 9.59 Å². The van der Waals surface area contributed by atoms with E-state index in [1.54, 1.807) is 31.4 Å². The molecule has 8 heteroatoms. The molecule has 0 aromatic heterocycles. The fourth-order valence-electron chi connectivity index (χ4n) is 3.76. The lowest BCUT2D eigenvalue weighted by Crippen LogP contribution is -2.41. The highest BCUT2D eigenvalue weighted by Crippen LogP contribution is 2.35. The molecule has 2 amide bonds. The number of hydrogen-bond donors (Lipinski definition) is 2. The number of methoxy groups -OCH3 is 1. The van der Waals surface area contributed by atoms with Gasteiger partial charge >= 0.3 is 0 Å². The number of likely N-dealkylation sites (tertiary alicyclic amines) is 1. The minimum atomic E-state index is -1.14. The third-order valence-corrected chi connectivity index (χ3v) is 5.83. The van der Waals surface area contributed by atoms with Gasteiger partial charge in [0.2, 0.25) is 11.8 Å². The summed E-state index contributed by atoms with van der Waals surface area (Å²) in [7, 11) is 1.59. The number of amides is 2. The molecule has 0 bridgehead atoms. The molecule has 3 rings (SSSR count). The zero-order chi connectivity index (χ0) is 21.7.